The molecule has 0 aromatic rings. The van der Waals surface area contributed by atoms with Crippen LogP contribution in [0.15, 0.2) is 25.3 Å². The van der Waals surface area contributed by atoms with Crippen molar-refractivity contribution in [3.05, 3.63) is 25.3 Å². The second-order valence-corrected chi connectivity index (χ2v) is 6.26. The minimum absolute atomic E-state index is 0.0298. The van der Waals surface area contributed by atoms with Crippen molar-refractivity contribution in [2.24, 2.45) is 5.73 Å². The van der Waals surface area contributed by atoms with Crippen LogP contribution in [-0.2, 0) is 28.5 Å². The molecule has 0 saturated carbocycles. The molecule has 27 heavy (non-hydrogen) atoms. The molecule has 1 saturated heterocycles. The highest BCUT2D eigenvalue weighted by Crippen LogP contribution is 2.32. The molecule has 1 aliphatic heterocycles. The van der Waals surface area contributed by atoms with Gasteiger partial charge in [0.1, 0.15) is 18.9 Å². The third kappa shape index (κ3) is 5.87. The molecular weight excluding hydrogens is 352 g/mol. The van der Waals surface area contributed by atoms with E-state index in [-0.39, 0.29) is 19.6 Å². The Bertz CT molecular complexity index is 494. The molecule has 1 fully saturated rings. The maximum Gasteiger partial charge on any atom is 0.338 e. The third-order valence-electron chi connectivity index (χ3n) is 4.48. The third-order valence-corrected chi connectivity index (χ3v) is 4.48. The van der Waals surface area contributed by atoms with Gasteiger partial charge in [-0.15, -0.1) is 0 Å². The second kappa shape index (κ2) is 11.2. The molecule has 0 aromatic carbocycles. The fourth-order valence-corrected chi connectivity index (χ4v) is 3.05. The lowest BCUT2D eigenvalue weighted by molar-refractivity contribution is -0.186. The Morgan fingerprint density at radius 2 is 1.63 bits per heavy atom. The number of ether oxygens (including phenoxy) is 4. The summed E-state index contributed by atoms with van der Waals surface area (Å²) in [5.41, 5.74) is 3.46. The molecule has 8 nitrogen and oxygen atoms in total. The number of rotatable bonds is 12. The van der Waals surface area contributed by atoms with E-state index in [4.69, 9.17) is 24.7 Å². The van der Waals surface area contributed by atoms with Crippen molar-refractivity contribution in [1.29, 1.82) is 0 Å². The highest BCUT2D eigenvalue weighted by atomic mass is 16.6. The molecular formula is C19H32N2O6. The van der Waals surface area contributed by atoms with E-state index in [1.54, 1.807) is 11.8 Å². The molecule has 0 amide bonds. The lowest BCUT2D eigenvalue weighted by Crippen LogP contribution is -2.68. The van der Waals surface area contributed by atoms with Gasteiger partial charge in [-0.25, -0.2) is 9.59 Å². The monoisotopic (exact) mass is 384 g/mol. The number of hydrogen-bond acceptors (Lipinski definition) is 8. The number of carbonyl (C=O) groups is 2. The SMILES string of the molecule is C=CCOC(=O)C(CC(N)(CC)OCC)(C(=O)OCC=C)N1CCOCC1. The first kappa shape index (κ1) is 23.3. The summed E-state index contributed by atoms with van der Waals surface area (Å²) in [6, 6.07) is 0. The average molecular weight is 384 g/mol. The summed E-state index contributed by atoms with van der Waals surface area (Å²) < 4.78 is 21.7. The zero-order valence-electron chi connectivity index (χ0n) is 16.4. The van der Waals surface area contributed by atoms with Gasteiger partial charge in [0.15, 0.2) is 0 Å². The Hall–Kier alpha value is -1.74. The predicted octanol–water partition coefficient (Wildman–Crippen LogP) is 1.01. The predicted molar refractivity (Wildman–Crippen MR) is 101 cm³/mol. The second-order valence-electron chi connectivity index (χ2n) is 6.26. The van der Waals surface area contributed by atoms with E-state index in [0.29, 0.717) is 39.3 Å². The molecule has 0 aromatic heterocycles. The first-order valence-corrected chi connectivity index (χ1v) is 9.22. The van der Waals surface area contributed by atoms with E-state index >= 15 is 0 Å². The van der Waals surface area contributed by atoms with E-state index < -0.39 is 23.2 Å². The van der Waals surface area contributed by atoms with E-state index in [0.717, 1.165) is 0 Å². The van der Waals surface area contributed by atoms with E-state index in [2.05, 4.69) is 13.2 Å². The normalized spacial score (nSPS) is 17.6. The standard InChI is InChI=1S/C19H32N2O6/c1-5-11-25-16(22)19(17(23)26-12-6-2,21-9-13-24-14-10-21)15-18(20,7-3)27-8-4/h5-6H,1-2,7-15,20H2,3-4H3. The van der Waals surface area contributed by atoms with Crippen LogP contribution >= 0.6 is 0 Å². The highest BCUT2D eigenvalue weighted by molar-refractivity contribution is 6.05. The topological polar surface area (TPSA) is 100 Å². The molecule has 0 aliphatic carbocycles. The van der Waals surface area contributed by atoms with Crippen LogP contribution in [0.4, 0.5) is 0 Å². The zero-order chi connectivity index (χ0) is 20.3. The van der Waals surface area contributed by atoms with Gasteiger partial charge in [-0.2, -0.15) is 0 Å². The summed E-state index contributed by atoms with van der Waals surface area (Å²) in [5.74, 6) is -1.47. The summed E-state index contributed by atoms with van der Waals surface area (Å²) in [5, 5.41) is 0. The number of esters is 2. The summed E-state index contributed by atoms with van der Waals surface area (Å²) in [4.78, 5) is 28.0. The maximum atomic E-state index is 13.1. The van der Waals surface area contributed by atoms with Crippen molar-refractivity contribution in [3.63, 3.8) is 0 Å². The van der Waals surface area contributed by atoms with Crippen molar-refractivity contribution in [2.45, 2.75) is 38.0 Å². The smallest absolute Gasteiger partial charge is 0.338 e. The zero-order valence-corrected chi connectivity index (χ0v) is 16.4. The van der Waals surface area contributed by atoms with Gasteiger partial charge in [-0.1, -0.05) is 32.2 Å². The molecule has 1 unspecified atom stereocenters. The van der Waals surface area contributed by atoms with Crippen molar-refractivity contribution in [3.8, 4) is 0 Å². The van der Waals surface area contributed by atoms with Crippen LogP contribution < -0.4 is 5.73 Å². The minimum atomic E-state index is -1.74. The van der Waals surface area contributed by atoms with Gasteiger partial charge in [0, 0.05) is 26.1 Å². The fourth-order valence-electron chi connectivity index (χ4n) is 3.05. The molecule has 1 atom stereocenters. The number of carbonyl (C=O) groups excluding carboxylic acids is 2. The average Bonchev–Trinajstić information content (AvgIpc) is 2.69. The van der Waals surface area contributed by atoms with Crippen LogP contribution in [-0.4, -0.2) is 74.2 Å². The summed E-state index contributed by atoms with van der Waals surface area (Å²) in [7, 11) is 0. The fraction of sp³-hybridized carbons (Fsp3) is 0.684. The number of hydrogen-bond donors (Lipinski definition) is 1. The van der Waals surface area contributed by atoms with Crippen LogP contribution in [0.3, 0.4) is 0 Å². The molecule has 1 rings (SSSR count). The molecule has 0 spiro atoms. The number of morpholine rings is 1. The Morgan fingerprint density at radius 3 is 2.04 bits per heavy atom. The Balaban J connectivity index is 3.39. The van der Waals surface area contributed by atoms with Crippen LogP contribution in [0.5, 0.6) is 0 Å². The Morgan fingerprint density at radius 1 is 1.11 bits per heavy atom. The molecule has 2 N–H and O–H groups in total. The quantitative estimate of drug-likeness (QED) is 0.230. The van der Waals surface area contributed by atoms with Gasteiger partial charge in [-0.3, -0.25) is 4.90 Å². The van der Waals surface area contributed by atoms with Crippen molar-refractivity contribution in [2.75, 3.05) is 46.1 Å². The van der Waals surface area contributed by atoms with Gasteiger partial charge in [-0.05, 0) is 13.3 Å². The summed E-state index contributed by atoms with van der Waals surface area (Å²) >= 11 is 0. The van der Waals surface area contributed by atoms with Gasteiger partial charge in [0.2, 0.25) is 5.54 Å². The summed E-state index contributed by atoms with van der Waals surface area (Å²) in [6.07, 6.45) is 3.18. The van der Waals surface area contributed by atoms with Gasteiger partial charge in [0.05, 0.1) is 13.2 Å². The number of nitrogens with zero attached hydrogens (tertiary/aromatic N) is 1. The van der Waals surface area contributed by atoms with Crippen LogP contribution in [0, 0.1) is 0 Å². The van der Waals surface area contributed by atoms with E-state index in [9.17, 15) is 9.59 Å². The van der Waals surface area contributed by atoms with Crippen molar-refractivity contribution >= 4 is 11.9 Å². The van der Waals surface area contributed by atoms with E-state index in [1.807, 2.05) is 6.92 Å². The summed E-state index contributed by atoms with van der Waals surface area (Å²) in [6.45, 7) is 12.5. The molecule has 154 valence electrons. The first-order valence-electron chi connectivity index (χ1n) is 9.22. The first-order chi connectivity index (χ1) is 12.9. The largest absolute Gasteiger partial charge is 0.460 e. The van der Waals surface area contributed by atoms with E-state index in [1.165, 1.54) is 12.2 Å². The maximum absolute atomic E-state index is 13.1. The van der Waals surface area contributed by atoms with Crippen molar-refractivity contribution in [1.82, 2.24) is 4.90 Å². The van der Waals surface area contributed by atoms with Crippen LogP contribution in [0.1, 0.15) is 26.7 Å². The molecule has 8 heteroatoms. The highest BCUT2D eigenvalue weighted by Gasteiger charge is 2.57. The lowest BCUT2D eigenvalue weighted by atomic mass is 9.85. The van der Waals surface area contributed by atoms with Crippen LogP contribution in [0.2, 0.25) is 0 Å². The van der Waals surface area contributed by atoms with Gasteiger partial charge in [0.25, 0.3) is 0 Å². The van der Waals surface area contributed by atoms with Crippen molar-refractivity contribution < 1.29 is 28.5 Å². The minimum Gasteiger partial charge on any atom is -0.460 e. The molecule has 1 aliphatic rings. The van der Waals surface area contributed by atoms with Crippen LogP contribution in [0.25, 0.3) is 0 Å². The molecule has 1 heterocycles. The van der Waals surface area contributed by atoms with Gasteiger partial charge >= 0.3 is 11.9 Å². The van der Waals surface area contributed by atoms with Gasteiger partial charge < -0.3 is 24.7 Å². The molecule has 0 radical (unpaired) electrons. The molecule has 0 bridgehead atoms. The number of nitrogens with two attached hydrogens (primary N) is 1. The lowest BCUT2D eigenvalue weighted by Gasteiger charge is -2.45. The Kier molecular flexibility index (Phi) is 9.65. The Labute approximate surface area is 161 Å².